The second-order valence-corrected chi connectivity index (χ2v) is 4.62. The summed E-state index contributed by atoms with van der Waals surface area (Å²) in [6.45, 7) is 3.59. The van der Waals surface area contributed by atoms with Gasteiger partial charge < -0.3 is 10.1 Å². The molecule has 0 aliphatic carbocycles. The summed E-state index contributed by atoms with van der Waals surface area (Å²) in [6.07, 6.45) is 0. The number of ether oxygens (including phenoxy) is 1. The average Bonchev–Trinajstić information content (AvgIpc) is 2.72. The second-order valence-electron chi connectivity index (χ2n) is 4.62. The van der Waals surface area contributed by atoms with Crippen LogP contribution in [0.3, 0.4) is 0 Å². The lowest BCUT2D eigenvalue weighted by molar-refractivity contribution is 0.102. The Kier molecular flexibility index (Phi) is 3.94. The number of anilines is 1. The van der Waals surface area contributed by atoms with E-state index in [1.54, 1.807) is 36.9 Å². The molecule has 2 aromatic rings. The molecular weight excluding hydrogens is 268 g/mol. The first-order chi connectivity index (χ1) is 9.99. The van der Waals surface area contributed by atoms with E-state index in [1.165, 1.54) is 7.11 Å². The zero-order valence-corrected chi connectivity index (χ0v) is 12.4. The van der Waals surface area contributed by atoms with E-state index in [0.29, 0.717) is 28.3 Å². The van der Waals surface area contributed by atoms with Crippen LogP contribution in [0.15, 0.2) is 18.2 Å². The summed E-state index contributed by atoms with van der Waals surface area (Å²) in [7, 11) is 3.27. The van der Waals surface area contributed by atoms with Crippen LogP contribution in [0.1, 0.15) is 27.3 Å². The van der Waals surface area contributed by atoms with Gasteiger partial charge in [-0.2, -0.15) is 10.4 Å². The van der Waals surface area contributed by atoms with Gasteiger partial charge in [-0.05, 0) is 26.0 Å². The molecule has 21 heavy (non-hydrogen) atoms. The van der Waals surface area contributed by atoms with Crippen LogP contribution in [0.2, 0.25) is 0 Å². The molecule has 0 atom stereocenters. The molecule has 0 bridgehead atoms. The van der Waals surface area contributed by atoms with Gasteiger partial charge in [0.2, 0.25) is 0 Å². The number of rotatable bonds is 3. The average molecular weight is 284 g/mol. The Morgan fingerprint density at radius 1 is 1.43 bits per heavy atom. The van der Waals surface area contributed by atoms with Gasteiger partial charge >= 0.3 is 0 Å². The predicted octanol–water partition coefficient (Wildman–Crippen LogP) is 2.17. The first-order valence-corrected chi connectivity index (χ1v) is 6.38. The molecule has 0 spiro atoms. The van der Waals surface area contributed by atoms with Crippen molar-refractivity contribution < 1.29 is 9.53 Å². The summed E-state index contributed by atoms with van der Waals surface area (Å²) in [4.78, 5) is 12.5. The van der Waals surface area contributed by atoms with Gasteiger partial charge in [0.25, 0.3) is 5.91 Å². The third kappa shape index (κ3) is 2.58. The van der Waals surface area contributed by atoms with Gasteiger partial charge in [-0.1, -0.05) is 6.07 Å². The minimum absolute atomic E-state index is 0.306. The van der Waals surface area contributed by atoms with Gasteiger partial charge in [0.15, 0.2) is 0 Å². The molecule has 1 heterocycles. The summed E-state index contributed by atoms with van der Waals surface area (Å²) in [5.74, 6) is 0.140. The fourth-order valence-corrected chi connectivity index (χ4v) is 2.20. The zero-order chi connectivity index (χ0) is 15.6. The van der Waals surface area contributed by atoms with Crippen molar-refractivity contribution in [1.29, 1.82) is 5.26 Å². The summed E-state index contributed by atoms with van der Waals surface area (Å²) in [5, 5.41) is 16.1. The molecule has 108 valence electrons. The molecule has 0 radical (unpaired) electrons. The van der Waals surface area contributed by atoms with E-state index in [-0.39, 0.29) is 5.91 Å². The number of hydrogen-bond acceptors (Lipinski definition) is 4. The number of para-hydroxylation sites is 1. The maximum atomic E-state index is 12.5. The topological polar surface area (TPSA) is 79.9 Å². The molecule has 1 aromatic heterocycles. The molecule has 1 N–H and O–H groups in total. The third-order valence-electron chi connectivity index (χ3n) is 3.34. The Bertz CT molecular complexity index is 741. The molecule has 2 rings (SSSR count). The van der Waals surface area contributed by atoms with Crippen LogP contribution in [0.4, 0.5) is 5.69 Å². The first kappa shape index (κ1) is 14.6. The summed E-state index contributed by atoms with van der Waals surface area (Å²) in [6, 6.07) is 7.07. The van der Waals surface area contributed by atoms with Crippen molar-refractivity contribution in [3.63, 3.8) is 0 Å². The van der Waals surface area contributed by atoms with Crippen LogP contribution in [0.5, 0.6) is 5.75 Å². The molecule has 0 aliphatic heterocycles. The Morgan fingerprint density at radius 3 is 2.67 bits per heavy atom. The van der Waals surface area contributed by atoms with E-state index >= 15 is 0 Å². The van der Waals surface area contributed by atoms with Crippen molar-refractivity contribution in [2.24, 2.45) is 7.05 Å². The van der Waals surface area contributed by atoms with Gasteiger partial charge in [-0.25, -0.2) is 0 Å². The number of aromatic nitrogens is 2. The van der Waals surface area contributed by atoms with Gasteiger partial charge in [0, 0.05) is 12.7 Å². The van der Waals surface area contributed by atoms with Crippen molar-refractivity contribution in [3.8, 4) is 11.8 Å². The smallest absolute Gasteiger partial charge is 0.259 e. The van der Waals surface area contributed by atoms with Crippen LogP contribution in [0, 0.1) is 25.2 Å². The number of carbonyl (C=O) groups is 1. The lowest BCUT2D eigenvalue weighted by Gasteiger charge is -2.11. The number of hydrogen-bond donors (Lipinski definition) is 1. The van der Waals surface area contributed by atoms with Gasteiger partial charge in [-0.3, -0.25) is 9.48 Å². The van der Waals surface area contributed by atoms with Crippen LogP contribution in [-0.4, -0.2) is 22.8 Å². The van der Waals surface area contributed by atoms with Crippen LogP contribution < -0.4 is 10.1 Å². The molecule has 0 aliphatic rings. The molecule has 1 aromatic carbocycles. The molecule has 1 amide bonds. The minimum atomic E-state index is -0.306. The Balaban J connectivity index is 2.43. The van der Waals surface area contributed by atoms with E-state index in [4.69, 9.17) is 10.00 Å². The van der Waals surface area contributed by atoms with Crippen LogP contribution in [-0.2, 0) is 7.05 Å². The fourth-order valence-electron chi connectivity index (χ4n) is 2.20. The van der Waals surface area contributed by atoms with Crippen molar-refractivity contribution in [3.05, 3.63) is 40.7 Å². The molecular formula is C15H16N4O2. The molecule has 0 fully saturated rings. The van der Waals surface area contributed by atoms with Gasteiger partial charge in [-0.15, -0.1) is 0 Å². The monoisotopic (exact) mass is 284 g/mol. The highest BCUT2D eigenvalue weighted by Gasteiger charge is 2.20. The van der Waals surface area contributed by atoms with Crippen molar-refractivity contribution in [2.75, 3.05) is 12.4 Å². The first-order valence-electron chi connectivity index (χ1n) is 6.38. The summed E-state index contributed by atoms with van der Waals surface area (Å²) < 4.78 is 6.85. The van der Waals surface area contributed by atoms with Crippen LogP contribution >= 0.6 is 0 Å². The molecule has 0 unspecified atom stereocenters. The molecule has 0 saturated heterocycles. The minimum Gasteiger partial charge on any atom is -0.495 e. The maximum absolute atomic E-state index is 12.5. The third-order valence-corrected chi connectivity index (χ3v) is 3.34. The predicted molar refractivity (Wildman–Crippen MR) is 78.3 cm³/mol. The van der Waals surface area contributed by atoms with Crippen molar-refractivity contribution in [1.82, 2.24) is 9.78 Å². The lowest BCUT2D eigenvalue weighted by atomic mass is 10.1. The number of nitriles is 1. The van der Waals surface area contributed by atoms with Crippen molar-refractivity contribution in [2.45, 2.75) is 13.8 Å². The van der Waals surface area contributed by atoms with E-state index in [0.717, 1.165) is 5.69 Å². The highest BCUT2D eigenvalue weighted by atomic mass is 16.5. The Hall–Kier alpha value is -2.81. The SMILES string of the molecule is COc1cccc(C#N)c1NC(=O)c1c(C)nn(C)c1C. The van der Waals surface area contributed by atoms with Crippen LogP contribution in [0.25, 0.3) is 0 Å². The number of carbonyl (C=O) groups excluding carboxylic acids is 1. The van der Waals surface area contributed by atoms with E-state index in [2.05, 4.69) is 10.4 Å². The fraction of sp³-hybridized carbons (Fsp3) is 0.267. The second kappa shape index (κ2) is 5.67. The van der Waals surface area contributed by atoms with Gasteiger partial charge in [0.1, 0.15) is 17.5 Å². The van der Waals surface area contributed by atoms with E-state index in [1.807, 2.05) is 13.0 Å². The number of nitrogens with zero attached hydrogens (tertiary/aromatic N) is 3. The Labute approximate surface area is 123 Å². The Morgan fingerprint density at radius 2 is 2.14 bits per heavy atom. The quantitative estimate of drug-likeness (QED) is 0.936. The lowest BCUT2D eigenvalue weighted by Crippen LogP contribution is -2.15. The van der Waals surface area contributed by atoms with Crippen molar-refractivity contribution >= 4 is 11.6 Å². The number of benzene rings is 1. The number of amides is 1. The molecule has 6 heteroatoms. The molecule has 0 saturated carbocycles. The van der Waals surface area contributed by atoms with E-state index in [9.17, 15) is 4.79 Å². The summed E-state index contributed by atoms with van der Waals surface area (Å²) in [5.41, 5.74) is 2.63. The highest BCUT2D eigenvalue weighted by Crippen LogP contribution is 2.28. The normalized spacial score (nSPS) is 10.0. The van der Waals surface area contributed by atoms with E-state index < -0.39 is 0 Å². The number of nitrogens with one attached hydrogen (secondary N) is 1. The maximum Gasteiger partial charge on any atom is 0.259 e. The van der Waals surface area contributed by atoms with Gasteiger partial charge in [0.05, 0.1) is 23.9 Å². The molecule has 6 nitrogen and oxygen atoms in total. The number of methoxy groups -OCH3 is 1. The highest BCUT2D eigenvalue weighted by molar-refractivity contribution is 6.07. The standard InChI is InChI=1S/C15H16N4O2/c1-9-13(10(2)19(3)18-9)15(20)17-14-11(8-16)6-5-7-12(14)21-4/h5-7H,1-4H3,(H,17,20). The summed E-state index contributed by atoms with van der Waals surface area (Å²) >= 11 is 0. The zero-order valence-electron chi connectivity index (χ0n) is 12.4. The largest absolute Gasteiger partial charge is 0.495 e. The number of aryl methyl sites for hydroxylation is 2.